The molecule has 2 aromatic heterocycles. The molecule has 0 saturated carbocycles. The molecule has 3 aromatic rings. The summed E-state index contributed by atoms with van der Waals surface area (Å²) in [6.07, 6.45) is 6.29. The van der Waals surface area contributed by atoms with E-state index in [4.69, 9.17) is 4.74 Å². The van der Waals surface area contributed by atoms with Crippen molar-refractivity contribution in [1.29, 1.82) is 0 Å². The first-order chi connectivity index (χ1) is 14.6. The molecule has 2 saturated heterocycles. The Balaban J connectivity index is 1.35. The summed E-state index contributed by atoms with van der Waals surface area (Å²) in [5.74, 6) is 0.709. The molecule has 1 aromatic carbocycles. The van der Waals surface area contributed by atoms with Crippen LogP contribution in [0.2, 0.25) is 0 Å². The number of benzene rings is 1. The Morgan fingerprint density at radius 3 is 2.80 bits per heavy atom. The second kappa shape index (κ2) is 7.66. The molecule has 2 aliphatic heterocycles. The number of phenolic OH excluding ortho intramolecular Hbond substituents is 1. The van der Waals surface area contributed by atoms with Crippen LogP contribution < -0.4 is 10.2 Å². The van der Waals surface area contributed by atoms with E-state index in [9.17, 15) is 9.50 Å². The van der Waals surface area contributed by atoms with Gasteiger partial charge in [-0.25, -0.2) is 9.37 Å². The Morgan fingerprint density at radius 1 is 1.17 bits per heavy atom. The molecule has 0 radical (unpaired) electrons. The molecule has 3 N–H and O–H groups in total. The largest absolute Gasteiger partial charge is 0.507 e. The molecule has 2 aliphatic rings. The van der Waals surface area contributed by atoms with Gasteiger partial charge >= 0.3 is 0 Å². The Hall–Kier alpha value is -3.04. The number of H-pyrrole nitrogens is 1. The highest BCUT2D eigenvalue weighted by atomic mass is 19.1. The standard InChI is InChI=1S/C21H23FN6O2/c1-28(18-5-14-10-30-11-17(27-14)21(18)22)20-9-23-16(8-24-20)15-3-2-12(4-19(15)29)13-6-25-26-7-13/h2-4,6-9,14,17-18,21,27,29H,5,10-11H2,1H3,(H,25,26)/t14-,17-,18+,21-/m1/s1. The fourth-order valence-electron chi connectivity index (χ4n) is 4.27. The van der Waals surface area contributed by atoms with Gasteiger partial charge in [-0.15, -0.1) is 0 Å². The third-order valence-corrected chi connectivity index (χ3v) is 5.95. The van der Waals surface area contributed by atoms with Crippen molar-refractivity contribution in [3.05, 3.63) is 43.0 Å². The van der Waals surface area contributed by atoms with Crippen LogP contribution in [0.15, 0.2) is 43.0 Å². The van der Waals surface area contributed by atoms with Gasteiger partial charge in [-0.2, -0.15) is 5.10 Å². The monoisotopic (exact) mass is 410 g/mol. The average molecular weight is 410 g/mol. The fourth-order valence-corrected chi connectivity index (χ4v) is 4.27. The van der Waals surface area contributed by atoms with Gasteiger partial charge in [0.25, 0.3) is 0 Å². The highest BCUT2D eigenvalue weighted by Gasteiger charge is 2.42. The third kappa shape index (κ3) is 3.40. The number of piperidine rings is 1. The SMILES string of the molecule is CN(c1cnc(-c2ccc(-c3cn[nH]c3)cc2O)cn1)[C@H]1C[C@@H]2COC[C@@H](N2)[C@H]1F. The van der Waals surface area contributed by atoms with Gasteiger partial charge in [-0.1, -0.05) is 6.07 Å². The smallest absolute Gasteiger partial charge is 0.147 e. The zero-order chi connectivity index (χ0) is 20.7. The lowest BCUT2D eigenvalue weighted by molar-refractivity contribution is -0.0175. The first-order valence-electron chi connectivity index (χ1n) is 9.95. The molecule has 4 atom stereocenters. The quantitative estimate of drug-likeness (QED) is 0.606. The minimum atomic E-state index is -1.05. The van der Waals surface area contributed by atoms with Crippen LogP contribution in [-0.2, 0) is 4.74 Å². The Kier molecular flexibility index (Phi) is 4.84. The molecular formula is C21H23FN6O2. The molecular weight excluding hydrogens is 387 g/mol. The van der Waals surface area contributed by atoms with E-state index in [0.717, 1.165) is 11.1 Å². The van der Waals surface area contributed by atoms with E-state index in [2.05, 4.69) is 25.5 Å². The number of morpholine rings is 1. The van der Waals surface area contributed by atoms with Crippen molar-refractivity contribution < 1.29 is 14.2 Å². The number of nitrogens with one attached hydrogen (secondary N) is 2. The van der Waals surface area contributed by atoms with Crippen molar-refractivity contribution in [1.82, 2.24) is 25.5 Å². The Labute approximate surface area is 173 Å². The Bertz CT molecular complexity index is 1010. The maximum absolute atomic E-state index is 14.9. The van der Waals surface area contributed by atoms with E-state index in [-0.39, 0.29) is 23.9 Å². The third-order valence-electron chi connectivity index (χ3n) is 5.95. The zero-order valence-corrected chi connectivity index (χ0v) is 16.5. The van der Waals surface area contributed by atoms with E-state index in [1.54, 1.807) is 36.9 Å². The molecule has 2 bridgehead atoms. The van der Waals surface area contributed by atoms with E-state index < -0.39 is 6.17 Å². The van der Waals surface area contributed by atoms with E-state index in [0.29, 0.717) is 36.7 Å². The summed E-state index contributed by atoms with van der Waals surface area (Å²) in [7, 11) is 1.85. The maximum atomic E-state index is 14.9. The molecule has 9 heteroatoms. The number of rotatable bonds is 4. The van der Waals surface area contributed by atoms with E-state index >= 15 is 0 Å². The van der Waals surface area contributed by atoms with Crippen molar-refractivity contribution >= 4 is 5.82 Å². The Morgan fingerprint density at radius 2 is 2.07 bits per heavy atom. The van der Waals surface area contributed by atoms with Crippen LogP contribution in [0.4, 0.5) is 10.2 Å². The summed E-state index contributed by atoms with van der Waals surface area (Å²) < 4.78 is 20.4. The van der Waals surface area contributed by atoms with E-state index in [1.807, 2.05) is 18.0 Å². The van der Waals surface area contributed by atoms with Gasteiger partial charge in [0.05, 0.1) is 49.6 Å². The number of aromatic amines is 1. The number of alkyl halides is 1. The molecule has 4 heterocycles. The number of aromatic hydroxyl groups is 1. The summed E-state index contributed by atoms with van der Waals surface area (Å²) in [4.78, 5) is 10.8. The number of aromatic nitrogens is 4. The van der Waals surface area contributed by atoms with Crippen LogP contribution in [0.5, 0.6) is 5.75 Å². The van der Waals surface area contributed by atoms with Crippen molar-refractivity contribution in [2.75, 3.05) is 25.2 Å². The first-order valence-corrected chi connectivity index (χ1v) is 9.95. The van der Waals surface area contributed by atoms with Gasteiger partial charge in [-0.3, -0.25) is 10.1 Å². The van der Waals surface area contributed by atoms with Crippen molar-refractivity contribution in [3.63, 3.8) is 0 Å². The molecule has 8 nitrogen and oxygen atoms in total. The van der Waals surface area contributed by atoms with Crippen LogP contribution in [0.3, 0.4) is 0 Å². The van der Waals surface area contributed by atoms with Crippen LogP contribution in [-0.4, -0.2) is 69.8 Å². The highest BCUT2D eigenvalue weighted by Crippen LogP contribution is 2.33. The summed E-state index contributed by atoms with van der Waals surface area (Å²) in [5, 5.41) is 20.5. The minimum absolute atomic E-state index is 0.110. The fraction of sp³-hybridized carbons (Fsp3) is 0.381. The topological polar surface area (TPSA) is 99.2 Å². The summed E-state index contributed by atoms with van der Waals surface area (Å²) >= 11 is 0. The van der Waals surface area contributed by atoms with Crippen LogP contribution >= 0.6 is 0 Å². The number of phenols is 1. The number of hydrogen-bond acceptors (Lipinski definition) is 7. The van der Waals surface area contributed by atoms with Gasteiger partial charge in [0.1, 0.15) is 17.7 Å². The normalized spacial score (nSPS) is 25.8. The van der Waals surface area contributed by atoms with Gasteiger partial charge < -0.3 is 20.1 Å². The molecule has 2 fully saturated rings. The number of ether oxygens (including phenoxy) is 1. The predicted molar refractivity (Wildman–Crippen MR) is 110 cm³/mol. The summed E-state index contributed by atoms with van der Waals surface area (Å²) in [5.41, 5.74) is 2.87. The first kappa shape index (κ1) is 19.0. The second-order valence-corrected chi connectivity index (χ2v) is 7.84. The number of nitrogens with zero attached hydrogens (tertiary/aromatic N) is 4. The maximum Gasteiger partial charge on any atom is 0.147 e. The van der Waals surface area contributed by atoms with Crippen molar-refractivity contribution in [2.45, 2.75) is 30.7 Å². The van der Waals surface area contributed by atoms with Crippen LogP contribution in [0, 0.1) is 0 Å². The molecule has 5 rings (SSSR count). The van der Waals surface area contributed by atoms with Gasteiger partial charge in [0, 0.05) is 30.4 Å². The minimum Gasteiger partial charge on any atom is -0.507 e. The van der Waals surface area contributed by atoms with Crippen LogP contribution in [0.1, 0.15) is 6.42 Å². The zero-order valence-electron chi connectivity index (χ0n) is 16.5. The second-order valence-electron chi connectivity index (χ2n) is 7.84. The number of halogens is 1. The predicted octanol–water partition coefficient (Wildman–Crippen LogP) is 2.14. The van der Waals surface area contributed by atoms with Gasteiger partial charge in [-0.05, 0) is 24.1 Å². The number of hydrogen-bond donors (Lipinski definition) is 3. The number of anilines is 1. The summed E-state index contributed by atoms with van der Waals surface area (Å²) in [6, 6.07) is 4.95. The van der Waals surface area contributed by atoms with Crippen molar-refractivity contribution in [2.24, 2.45) is 0 Å². The van der Waals surface area contributed by atoms with Gasteiger partial charge in [0.15, 0.2) is 0 Å². The van der Waals surface area contributed by atoms with Crippen molar-refractivity contribution in [3.8, 4) is 28.1 Å². The lowest BCUT2D eigenvalue weighted by Crippen LogP contribution is -2.65. The number of fused-ring (bicyclic) bond motifs is 2. The average Bonchev–Trinajstić information content (AvgIpc) is 3.31. The lowest BCUT2D eigenvalue weighted by Gasteiger charge is -2.45. The summed E-state index contributed by atoms with van der Waals surface area (Å²) in [6.45, 7) is 0.993. The molecule has 0 spiro atoms. The molecule has 0 amide bonds. The molecule has 30 heavy (non-hydrogen) atoms. The highest BCUT2D eigenvalue weighted by molar-refractivity contribution is 5.73. The lowest BCUT2D eigenvalue weighted by atomic mass is 9.90. The molecule has 0 unspecified atom stereocenters. The molecule has 0 aliphatic carbocycles. The van der Waals surface area contributed by atoms with E-state index in [1.165, 1.54) is 0 Å². The van der Waals surface area contributed by atoms with Gasteiger partial charge in [0.2, 0.25) is 0 Å². The molecule has 156 valence electrons. The van der Waals surface area contributed by atoms with Crippen LogP contribution in [0.25, 0.3) is 22.4 Å².